The molecule has 0 aromatic heterocycles. The molecular weight excluding hydrogens is 402 g/mol. The Bertz CT molecular complexity index is 1050. The number of allylic oxidation sites excluding steroid dienone is 1. The first-order chi connectivity index (χ1) is 14.4. The number of aliphatic hydroxyl groups is 2. The molecule has 0 bridgehead atoms. The van der Waals surface area contributed by atoms with Crippen molar-refractivity contribution in [1.29, 1.82) is 5.26 Å². The number of rotatable bonds is 8. The van der Waals surface area contributed by atoms with Gasteiger partial charge in [-0.25, -0.2) is 13.1 Å². The number of sulfonamides is 1. The Kier molecular flexibility index (Phi) is 7.45. The summed E-state index contributed by atoms with van der Waals surface area (Å²) in [7, 11) is -3.87. The number of nitriles is 1. The van der Waals surface area contributed by atoms with E-state index in [0.717, 1.165) is 29.3 Å². The Morgan fingerprint density at radius 3 is 2.57 bits per heavy atom. The molecule has 3 rings (SSSR count). The van der Waals surface area contributed by atoms with Gasteiger partial charge in [-0.05, 0) is 59.4 Å². The summed E-state index contributed by atoms with van der Waals surface area (Å²) >= 11 is 0. The van der Waals surface area contributed by atoms with Crippen LogP contribution in [0.25, 0.3) is 16.3 Å². The molecule has 1 aliphatic rings. The van der Waals surface area contributed by atoms with E-state index in [1.807, 2.05) is 30.3 Å². The summed E-state index contributed by atoms with van der Waals surface area (Å²) < 4.78 is 26.8. The van der Waals surface area contributed by atoms with E-state index in [4.69, 9.17) is 10.4 Å². The van der Waals surface area contributed by atoms with Crippen molar-refractivity contribution in [3.8, 4) is 6.07 Å². The maximum atomic E-state index is 12.3. The van der Waals surface area contributed by atoms with E-state index in [-0.39, 0.29) is 13.0 Å². The van der Waals surface area contributed by atoms with Crippen LogP contribution < -0.4 is 9.62 Å². The predicted molar refractivity (Wildman–Crippen MR) is 118 cm³/mol. The Morgan fingerprint density at radius 1 is 1.17 bits per heavy atom. The fourth-order valence-corrected chi connectivity index (χ4v) is 4.69. The highest BCUT2D eigenvalue weighted by Gasteiger charge is 2.14. The van der Waals surface area contributed by atoms with E-state index in [9.17, 15) is 13.5 Å². The molecule has 160 valence electrons. The number of aliphatic hydroxyl groups excluding tert-OH is 2. The minimum Gasteiger partial charge on any atom is -0.394 e. The van der Waals surface area contributed by atoms with Crippen LogP contribution in [0, 0.1) is 11.3 Å². The Labute approximate surface area is 177 Å². The van der Waals surface area contributed by atoms with Crippen LogP contribution in [0.15, 0.2) is 41.8 Å². The van der Waals surface area contributed by atoms with E-state index in [1.54, 1.807) is 0 Å². The number of benzene rings is 2. The van der Waals surface area contributed by atoms with E-state index in [1.165, 1.54) is 24.9 Å². The standard InChI is InChI=1S/C22H27N3O4S/c23-9-8-20(16-30(28,29)24-14-22(27)15-26)18-4-5-19-13-21(7-6-17(19)12-18)25-10-2-1-3-11-25/h4-7,12-13,16,22,24,26-27H,1-3,8,10-11,14-15H2/b20-16+/t22-/m0/s1. The lowest BCUT2D eigenvalue weighted by Gasteiger charge is -2.29. The van der Waals surface area contributed by atoms with Crippen LogP contribution in [0.2, 0.25) is 0 Å². The first-order valence-corrected chi connectivity index (χ1v) is 11.6. The van der Waals surface area contributed by atoms with Gasteiger partial charge in [0.1, 0.15) is 0 Å². The molecule has 8 heteroatoms. The number of piperidine rings is 1. The van der Waals surface area contributed by atoms with Crippen LogP contribution in [0.3, 0.4) is 0 Å². The van der Waals surface area contributed by atoms with E-state index in [0.29, 0.717) is 11.1 Å². The molecule has 2 aromatic carbocycles. The summed E-state index contributed by atoms with van der Waals surface area (Å²) in [5.41, 5.74) is 2.21. The quantitative estimate of drug-likeness (QED) is 0.594. The van der Waals surface area contributed by atoms with E-state index in [2.05, 4.69) is 21.8 Å². The minimum atomic E-state index is -3.87. The zero-order valence-electron chi connectivity index (χ0n) is 16.8. The third-order valence-electron chi connectivity index (χ3n) is 5.21. The summed E-state index contributed by atoms with van der Waals surface area (Å²) in [6.07, 6.45) is 2.44. The van der Waals surface area contributed by atoms with E-state index < -0.39 is 22.7 Å². The fourth-order valence-electron chi connectivity index (χ4n) is 3.58. The van der Waals surface area contributed by atoms with Gasteiger partial charge in [0, 0.05) is 25.3 Å². The molecule has 7 nitrogen and oxygen atoms in total. The smallest absolute Gasteiger partial charge is 0.234 e. The molecule has 1 fully saturated rings. The van der Waals surface area contributed by atoms with Crippen molar-refractivity contribution in [2.45, 2.75) is 31.8 Å². The number of hydrogen-bond acceptors (Lipinski definition) is 6. The van der Waals surface area contributed by atoms with Gasteiger partial charge < -0.3 is 15.1 Å². The monoisotopic (exact) mass is 429 g/mol. The molecule has 0 aliphatic carbocycles. The van der Waals surface area contributed by atoms with Crippen molar-refractivity contribution < 1.29 is 18.6 Å². The van der Waals surface area contributed by atoms with Crippen LogP contribution >= 0.6 is 0 Å². The lowest BCUT2D eigenvalue weighted by molar-refractivity contribution is 0.0989. The fraction of sp³-hybridized carbons (Fsp3) is 0.409. The van der Waals surface area contributed by atoms with Crippen LogP contribution in [-0.2, 0) is 10.0 Å². The first-order valence-electron chi connectivity index (χ1n) is 10.1. The third kappa shape index (κ3) is 5.80. The summed E-state index contributed by atoms with van der Waals surface area (Å²) in [4.78, 5) is 2.39. The average molecular weight is 430 g/mol. The normalized spacial score (nSPS) is 16.4. The van der Waals surface area contributed by atoms with Crippen LogP contribution in [0.4, 0.5) is 5.69 Å². The number of anilines is 1. The molecule has 2 aromatic rings. The van der Waals surface area contributed by atoms with Gasteiger partial charge in [0.05, 0.1) is 30.6 Å². The minimum absolute atomic E-state index is 0.0686. The highest BCUT2D eigenvalue weighted by Crippen LogP contribution is 2.28. The third-order valence-corrected chi connectivity index (χ3v) is 6.38. The average Bonchev–Trinajstić information content (AvgIpc) is 2.77. The molecule has 1 saturated heterocycles. The zero-order chi connectivity index (χ0) is 21.6. The second-order valence-corrected chi connectivity index (χ2v) is 9.12. The maximum Gasteiger partial charge on any atom is 0.234 e. The molecule has 0 amide bonds. The molecule has 0 radical (unpaired) electrons. The van der Waals surface area contributed by atoms with Gasteiger partial charge in [0.25, 0.3) is 0 Å². The largest absolute Gasteiger partial charge is 0.394 e. The molecule has 1 heterocycles. The molecule has 1 aliphatic heterocycles. The van der Waals surface area contributed by atoms with Gasteiger partial charge in [-0.2, -0.15) is 5.26 Å². The van der Waals surface area contributed by atoms with Crippen LogP contribution in [0.5, 0.6) is 0 Å². The maximum absolute atomic E-state index is 12.3. The van der Waals surface area contributed by atoms with Crippen molar-refractivity contribution in [2.24, 2.45) is 0 Å². The molecule has 3 N–H and O–H groups in total. The van der Waals surface area contributed by atoms with Crippen molar-refractivity contribution >= 4 is 32.1 Å². The van der Waals surface area contributed by atoms with Crippen LogP contribution in [0.1, 0.15) is 31.2 Å². The highest BCUT2D eigenvalue weighted by molar-refractivity contribution is 7.92. The molecule has 0 saturated carbocycles. The molecule has 1 atom stereocenters. The highest BCUT2D eigenvalue weighted by atomic mass is 32.2. The molecule has 0 spiro atoms. The number of nitrogens with one attached hydrogen (secondary N) is 1. The number of nitrogens with zero attached hydrogens (tertiary/aromatic N) is 2. The number of fused-ring (bicyclic) bond motifs is 1. The first kappa shape index (κ1) is 22.2. The van der Waals surface area contributed by atoms with Crippen molar-refractivity contribution in [3.05, 3.63) is 47.4 Å². The van der Waals surface area contributed by atoms with E-state index >= 15 is 0 Å². The summed E-state index contributed by atoms with van der Waals surface area (Å²) in [5, 5.41) is 30.4. The summed E-state index contributed by atoms with van der Waals surface area (Å²) in [6, 6.07) is 13.9. The zero-order valence-corrected chi connectivity index (χ0v) is 17.6. The molecular formula is C22H27N3O4S. The van der Waals surface area contributed by atoms with Gasteiger partial charge in [-0.3, -0.25) is 0 Å². The predicted octanol–water partition coefficient (Wildman–Crippen LogP) is 2.36. The Morgan fingerprint density at radius 2 is 1.87 bits per heavy atom. The summed E-state index contributed by atoms with van der Waals surface area (Å²) in [6.45, 7) is 1.29. The molecule has 0 unspecified atom stereocenters. The van der Waals surface area contributed by atoms with Gasteiger partial charge in [-0.15, -0.1) is 0 Å². The van der Waals surface area contributed by atoms with Gasteiger partial charge in [0.2, 0.25) is 10.0 Å². The van der Waals surface area contributed by atoms with Gasteiger partial charge in [0.15, 0.2) is 0 Å². The lowest BCUT2D eigenvalue weighted by Crippen LogP contribution is -2.32. The van der Waals surface area contributed by atoms with Crippen LogP contribution in [-0.4, -0.2) is 51.0 Å². The second-order valence-electron chi connectivity index (χ2n) is 7.50. The van der Waals surface area contributed by atoms with Crippen molar-refractivity contribution in [1.82, 2.24) is 4.72 Å². The Hall–Kier alpha value is -2.44. The van der Waals surface area contributed by atoms with Crippen molar-refractivity contribution in [3.63, 3.8) is 0 Å². The second kappa shape index (κ2) is 10.0. The summed E-state index contributed by atoms with van der Waals surface area (Å²) in [5.74, 6) is 0. The van der Waals surface area contributed by atoms with Gasteiger partial charge in [-0.1, -0.05) is 18.2 Å². The lowest BCUT2D eigenvalue weighted by atomic mass is 10.00. The Balaban J connectivity index is 1.87. The van der Waals surface area contributed by atoms with Crippen molar-refractivity contribution in [2.75, 3.05) is 31.1 Å². The molecule has 30 heavy (non-hydrogen) atoms. The number of hydrogen-bond donors (Lipinski definition) is 3. The van der Waals surface area contributed by atoms with Gasteiger partial charge >= 0.3 is 0 Å². The topological polar surface area (TPSA) is 114 Å². The SMILES string of the molecule is N#CC/C(=C\S(=O)(=O)NC[C@H](O)CO)c1ccc2cc(N3CCCCC3)ccc2c1.